The predicted molar refractivity (Wildman–Crippen MR) is 118 cm³/mol. The predicted octanol–water partition coefficient (Wildman–Crippen LogP) is 5.34. The van der Waals surface area contributed by atoms with E-state index in [0.717, 1.165) is 10.4 Å². The number of carbonyl (C=O) groups excluding carboxylic acids is 2. The summed E-state index contributed by atoms with van der Waals surface area (Å²) in [5.41, 5.74) is 1.84. The molecule has 0 spiro atoms. The Bertz CT molecular complexity index is 1150. The molecule has 2 heterocycles. The third-order valence-electron chi connectivity index (χ3n) is 5.05. The van der Waals surface area contributed by atoms with E-state index in [1.54, 1.807) is 49.6 Å². The fourth-order valence-corrected chi connectivity index (χ4v) is 4.45. The van der Waals surface area contributed by atoms with Crippen LogP contribution in [0.15, 0.2) is 65.6 Å². The smallest absolute Gasteiger partial charge is 0.300 e. The first-order valence-corrected chi connectivity index (χ1v) is 10.4. The van der Waals surface area contributed by atoms with Gasteiger partial charge in [0.15, 0.2) is 0 Å². The average molecular weight is 440 g/mol. The molecule has 2 aromatic carbocycles. The molecule has 1 unspecified atom stereocenters. The molecule has 1 aliphatic heterocycles. The van der Waals surface area contributed by atoms with E-state index in [1.165, 1.54) is 16.2 Å². The molecule has 7 heteroatoms. The zero-order chi connectivity index (χ0) is 21.4. The molecule has 1 fully saturated rings. The summed E-state index contributed by atoms with van der Waals surface area (Å²) in [6.07, 6.45) is 0. The Hall–Kier alpha value is -3.09. The second-order valence-corrected chi connectivity index (χ2v) is 8.23. The lowest BCUT2D eigenvalue weighted by atomic mass is 9.99. The van der Waals surface area contributed by atoms with Gasteiger partial charge in [0.2, 0.25) is 0 Å². The second-order valence-electron chi connectivity index (χ2n) is 6.85. The van der Waals surface area contributed by atoms with Gasteiger partial charge in [0, 0.05) is 21.2 Å². The van der Waals surface area contributed by atoms with Crippen LogP contribution in [0.5, 0.6) is 5.75 Å². The standard InChI is InChI=1S/C23H18ClNO4S/c1-13-5-8-15(12-17(13)24)25-20(18-4-3-11-30-18)19(22(27)23(25)28)21(26)14-6-9-16(29-2)10-7-14/h3-12,20,26H,1-2H3/b21-19-. The molecule has 0 bridgehead atoms. The fraction of sp³-hybridized carbons (Fsp3) is 0.130. The van der Waals surface area contributed by atoms with Crippen LogP contribution in [0.1, 0.15) is 22.0 Å². The number of hydrogen-bond acceptors (Lipinski definition) is 5. The quantitative estimate of drug-likeness (QED) is 0.338. The first-order valence-electron chi connectivity index (χ1n) is 9.17. The highest BCUT2D eigenvalue weighted by molar-refractivity contribution is 7.10. The van der Waals surface area contributed by atoms with Crippen molar-refractivity contribution in [1.29, 1.82) is 0 Å². The first kappa shape index (κ1) is 20.2. The van der Waals surface area contributed by atoms with Crippen LogP contribution in [0.4, 0.5) is 5.69 Å². The van der Waals surface area contributed by atoms with E-state index in [4.69, 9.17) is 16.3 Å². The van der Waals surface area contributed by atoms with Crippen molar-refractivity contribution in [2.24, 2.45) is 0 Å². The molecule has 1 atom stereocenters. The molecule has 0 saturated carbocycles. The maximum Gasteiger partial charge on any atom is 0.300 e. The SMILES string of the molecule is COc1ccc(/C(O)=C2/C(=O)C(=O)N(c3ccc(C)c(Cl)c3)C2c2cccs2)cc1. The van der Waals surface area contributed by atoms with Crippen molar-refractivity contribution >= 4 is 46.1 Å². The highest BCUT2D eigenvalue weighted by Crippen LogP contribution is 2.44. The number of nitrogens with zero attached hydrogens (tertiary/aromatic N) is 1. The van der Waals surface area contributed by atoms with Gasteiger partial charge >= 0.3 is 0 Å². The van der Waals surface area contributed by atoms with Crippen LogP contribution in [0.3, 0.4) is 0 Å². The highest BCUT2D eigenvalue weighted by Gasteiger charge is 2.47. The number of aryl methyl sites for hydroxylation is 1. The van der Waals surface area contributed by atoms with E-state index in [9.17, 15) is 14.7 Å². The lowest BCUT2D eigenvalue weighted by Gasteiger charge is -2.24. The molecular weight excluding hydrogens is 422 g/mol. The summed E-state index contributed by atoms with van der Waals surface area (Å²) in [6.45, 7) is 1.86. The van der Waals surface area contributed by atoms with E-state index >= 15 is 0 Å². The Morgan fingerprint density at radius 2 is 1.87 bits per heavy atom. The van der Waals surface area contributed by atoms with Crippen LogP contribution in [0.2, 0.25) is 5.02 Å². The van der Waals surface area contributed by atoms with Crippen molar-refractivity contribution in [3.8, 4) is 5.75 Å². The number of methoxy groups -OCH3 is 1. The number of hydrogen-bond donors (Lipinski definition) is 1. The number of Topliss-reactive ketones (excluding diaryl/α,β-unsaturated/α-hetero) is 1. The van der Waals surface area contributed by atoms with E-state index in [1.807, 2.05) is 24.4 Å². The topological polar surface area (TPSA) is 66.8 Å². The monoisotopic (exact) mass is 439 g/mol. The van der Waals surface area contributed by atoms with E-state index in [2.05, 4.69) is 0 Å². The number of aliphatic hydroxyl groups is 1. The van der Waals surface area contributed by atoms with Crippen molar-refractivity contribution in [3.63, 3.8) is 0 Å². The summed E-state index contributed by atoms with van der Waals surface area (Å²) in [7, 11) is 1.55. The van der Waals surface area contributed by atoms with Crippen LogP contribution in [0, 0.1) is 6.92 Å². The van der Waals surface area contributed by atoms with Crippen molar-refractivity contribution in [2.75, 3.05) is 12.0 Å². The fourth-order valence-electron chi connectivity index (χ4n) is 3.45. The van der Waals surface area contributed by atoms with Crippen LogP contribution in [0.25, 0.3) is 5.76 Å². The minimum atomic E-state index is -0.745. The van der Waals surface area contributed by atoms with Crippen LogP contribution < -0.4 is 9.64 Å². The molecule has 1 N–H and O–H groups in total. The van der Waals surface area contributed by atoms with Gasteiger partial charge in [0.25, 0.3) is 11.7 Å². The molecule has 1 amide bonds. The van der Waals surface area contributed by atoms with Gasteiger partial charge in [0.05, 0.1) is 12.7 Å². The van der Waals surface area contributed by atoms with Gasteiger partial charge in [0.1, 0.15) is 17.6 Å². The van der Waals surface area contributed by atoms with Crippen molar-refractivity contribution in [3.05, 3.63) is 86.6 Å². The lowest BCUT2D eigenvalue weighted by Crippen LogP contribution is -2.29. The third kappa shape index (κ3) is 3.38. The molecule has 4 rings (SSSR count). The highest BCUT2D eigenvalue weighted by atomic mass is 35.5. The number of carbonyl (C=O) groups is 2. The Morgan fingerprint density at radius 3 is 2.47 bits per heavy atom. The summed E-state index contributed by atoms with van der Waals surface area (Å²) in [4.78, 5) is 28.2. The molecule has 1 aromatic heterocycles. The van der Waals surface area contributed by atoms with Crippen molar-refractivity contribution < 1.29 is 19.4 Å². The Kier molecular flexibility index (Phi) is 5.37. The summed E-state index contributed by atoms with van der Waals surface area (Å²) >= 11 is 7.69. The van der Waals surface area contributed by atoms with Gasteiger partial charge in [-0.15, -0.1) is 11.3 Å². The van der Waals surface area contributed by atoms with Crippen LogP contribution in [-0.4, -0.2) is 23.9 Å². The van der Waals surface area contributed by atoms with E-state index in [-0.39, 0.29) is 11.3 Å². The maximum atomic E-state index is 13.0. The zero-order valence-corrected chi connectivity index (χ0v) is 17.8. The van der Waals surface area contributed by atoms with Crippen LogP contribution >= 0.6 is 22.9 Å². The number of ketones is 1. The molecule has 1 saturated heterocycles. The lowest BCUT2D eigenvalue weighted by molar-refractivity contribution is -0.132. The molecule has 0 aliphatic carbocycles. The van der Waals surface area contributed by atoms with E-state index < -0.39 is 17.7 Å². The number of halogens is 1. The molecule has 1 aliphatic rings. The molecule has 3 aromatic rings. The number of amides is 1. The maximum absolute atomic E-state index is 13.0. The first-order chi connectivity index (χ1) is 14.4. The largest absolute Gasteiger partial charge is 0.507 e. The number of ether oxygens (including phenoxy) is 1. The van der Waals surface area contributed by atoms with E-state index in [0.29, 0.717) is 22.0 Å². The summed E-state index contributed by atoms with van der Waals surface area (Å²) in [6, 6.07) is 14.8. The number of benzene rings is 2. The van der Waals surface area contributed by atoms with Gasteiger partial charge < -0.3 is 9.84 Å². The minimum Gasteiger partial charge on any atom is -0.507 e. The van der Waals surface area contributed by atoms with Gasteiger partial charge in [-0.3, -0.25) is 14.5 Å². The number of anilines is 1. The average Bonchev–Trinajstić information content (AvgIpc) is 3.37. The molecule has 5 nitrogen and oxygen atoms in total. The van der Waals surface area contributed by atoms with Gasteiger partial charge in [-0.05, 0) is 60.3 Å². The van der Waals surface area contributed by atoms with Gasteiger partial charge in [-0.1, -0.05) is 23.7 Å². The third-order valence-corrected chi connectivity index (χ3v) is 6.39. The van der Waals surface area contributed by atoms with Crippen LogP contribution in [-0.2, 0) is 9.59 Å². The summed E-state index contributed by atoms with van der Waals surface area (Å²) in [5.74, 6) is -1.05. The molecule has 0 radical (unpaired) electrons. The van der Waals surface area contributed by atoms with Gasteiger partial charge in [-0.2, -0.15) is 0 Å². The molecule has 152 valence electrons. The van der Waals surface area contributed by atoms with Gasteiger partial charge in [-0.25, -0.2) is 0 Å². The Balaban J connectivity index is 1.90. The Morgan fingerprint density at radius 1 is 1.13 bits per heavy atom. The number of thiophene rings is 1. The van der Waals surface area contributed by atoms with Crippen molar-refractivity contribution in [2.45, 2.75) is 13.0 Å². The normalized spacial score (nSPS) is 18.1. The van der Waals surface area contributed by atoms with Crippen molar-refractivity contribution in [1.82, 2.24) is 0 Å². The second kappa shape index (κ2) is 7.97. The summed E-state index contributed by atoms with van der Waals surface area (Å²) < 4.78 is 5.15. The number of rotatable bonds is 4. The molecular formula is C23H18ClNO4S. The minimum absolute atomic E-state index is 0.0457. The summed E-state index contributed by atoms with van der Waals surface area (Å²) in [5, 5.41) is 13.4. The Labute approximate surface area is 182 Å². The number of aliphatic hydroxyl groups excluding tert-OH is 1. The zero-order valence-electron chi connectivity index (χ0n) is 16.3. The molecule has 30 heavy (non-hydrogen) atoms.